The Bertz CT molecular complexity index is 471. The maximum atomic E-state index is 4.08. The molecule has 1 aromatic carbocycles. The zero-order valence-corrected chi connectivity index (χ0v) is 13.3. The molecule has 0 atom stereocenters. The highest BCUT2D eigenvalue weighted by atomic mass is 15.0. The fourth-order valence-corrected chi connectivity index (χ4v) is 2.71. The van der Waals surface area contributed by atoms with Crippen LogP contribution in [0.4, 0.5) is 0 Å². The molecule has 0 bridgehead atoms. The summed E-state index contributed by atoms with van der Waals surface area (Å²) in [4.78, 5) is 4.08. The summed E-state index contributed by atoms with van der Waals surface area (Å²) in [5.41, 5.74) is 2.64. The summed E-state index contributed by atoms with van der Waals surface area (Å²) in [5, 5.41) is 0. The van der Waals surface area contributed by atoms with E-state index < -0.39 is 0 Å². The van der Waals surface area contributed by atoms with E-state index in [-0.39, 0.29) is 0 Å². The van der Waals surface area contributed by atoms with Crippen LogP contribution in [0.1, 0.15) is 63.9 Å². The molecule has 0 radical (unpaired) electrons. The molecule has 0 fully saturated rings. The average molecular weight is 284 g/mol. The minimum absolute atomic E-state index is 1.19. The Morgan fingerprint density at radius 3 is 2.14 bits per heavy atom. The third-order valence-corrected chi connectivity index (χ3v) is 4.06. The first kappa shape index (κ1) is 15.8. The van der Waals surface area contributed by atoms with E-state index in [1.54, 1.807) is 0 Å². The first-order chi connectivity index (χ1) is 10.4. The van der Waals surface area contributed by atoms with Crippen LogP contribution in [0.2, 0.25) is 0 Å². The molecule has 0 aliphatic carbocycles. The molecule has 0 aliphatic rings. The average Bonchev–Trinajstić information content (AvgIpc) is 3.05. The number of aromatic nitrogens is 2. The Morgan fingerprint density at radius 2 is 1.52 bits per heavy atom. The smallest absolute Gasteiger partial charge is 0.0991 e. The number of aryl methyl sites for hydroxylation is 1. The minimum Gasteiger partial charge on any atom is -0.306 e. The molecule has 1 heterocycles. The molecular formula is C19H28N2. The fourth-order valence-electron chi connectivity index (χ4n) is 2.71. The van der Waals surface area contributed by atoms with Crippen LogP contribution in [-0.2, 0) is 6.42 Å². The van der Waals surface area contributed by atoms with Crippen LogP contribution in [-0.4, -0.2) is 9.55 Å². The van der Waals surface area contributed by atoms with Crippen molar-refractivity contribution >= 4 is 0 Å². The Labute approximate surface area is 129 Å². The largest absolute Gasteiger partial charge is 0.306 e. The number of nitrogens with zero attached hydrogens (tertiary/aromatic N) is 2. The third kappa shape index (κ3) is 5.74. The van der Waals surface area contributed by atoms with Gasteiger partial charge in [0.1, 0.15) is 0 Å². The van der Waals surface area contributed by atoms with Crippen LogP contribution in [0.3, 0.4) is 0 Å². The molecule has 1 aromatic heterocycles. The van der Waals surface area contributed by atoms with Gasteiger partial charge >= 0.3 is 0 Å². The van der Waals surface area contributed by atoms with E-state index >= 15 is 0 Å². The van der Waals surface area contributed by atoms with Gasteiger partial charge in [-0.15, -0.1) is 0 Å². The third-order valence-electron chi connectivity index (χ3n) is 4.06. The summed E-state index contributed by atoms with van der Waals surface area (Å²) in [6.07, 6.45) is 17.9. The van der Waals surface area contributed by atoms with Gasteiger partial charge in [0.15, 0.2) is 0 Å². The van der Waals surface area contributed by atoms with E-state index in [9.17, 15) is 0 Å². The highest BCUT2D eigenvalue weighted by molar-refractivity contribution is 5.34. The summed E-state index contributed by atoms with van der Waals surface area (Å²) in [6, 6.07) is 8.86. The van der Waals surface area contributed by atoms with Crippen molar-refractivity contribution < 1.29 is 0 Å². The number of benzene rings is 1. The number of rotatable bonds is 10. The second-order valence-corrected chi connectivity index (χ2v) is 5.86. The van der Waals surface area contributed by atoms with Gasteiger partial charge in [0.2, 0.25) is 0 Å². The Balaban J connectivity index is 1.61. The molecule has 0 spiro atoms. The molecule has 114 valence electrons. The molecular weight excluding hydrogens is 256 g/mol. The van der Waals surface area contributed by atoms with Crippen molar-refractivity contribution in [1.29, 1.82) is 0 Å². The lowest BCUT2D eigenvalue weighted by molar-refractivity contribution is 0.575. The van der Waals surface area contributed by atoms with Gasteiger partial charge in [-0.25, -0.2) is 4.98 Å². The van der Waals surface area contributed by atoms with Gasteiger partial charge in [-0.2, -0.15) is 0 Å². The van der Waals surface area contributed by atoms with Gasteiger partial charge in [0.25, 0.3) is 0 Å². The van der Waals surface area contributed by atoms with Crippen LogP contribution in [0.25, 0.3) is 5.69 Å². The van der Waals surface area contributed by atoms with Crippen molar-refractivity contribution in [3.8, 4) is 5.69 Å². The van der Waals surface area contributed by atoms with Crippen molar-refractivity contribution in [3.63, 3.8) is 0 Å². The molecule has 0 amide bonds. The monoisotopic (exact) mass is 284 g/mol. The van der Waals surface area contributed by atoms with Gasteiger partial charge in [0.05, 0.1) is 6.33 Å². The van der Waals surface area contributed by atoms with Gasteiger partial charge in [-0.3, -0.25) is 0 Å². The summed E-state index contributed by atoms with van der Waals surface area (Å²) in [5.74, 6) is 0. The Morgan fingerprint density at radius 1 is 0.857 bits per heavy atom. The predicted octanol–water partition coefficient (Wildman–Crippen LogP) is 5.56. The maximum Gasteiger partial charge on any atom is 0.0991 e. The normalized spacial score (nSPS) is 10.9. The number of hydrogen-bond donors (Lipinski definition) is 0. The van der Waals surface area contributed by atoms with E-state index in [2.05, 4.69) is 36.2 Å². The van der Waals surface area contributed by atoms with E-state index in [0.29, 0.717) is 0 Å². The number of unbranched alkanes of at least 4 members (excludes halogenated alkanes) is 7. The van der Waals surface area contributed by atoms with Crippen molar-refractivity contribution in [2.24, 2.45) is 0 Å². The molecule has 21 heavy (non-hydrogen) atoms. The highest BCUT2D eigenvalue weighted by Crippen LogP contribution is 2.13. The number of imidazole rings is 1. The molecule has 0 N–H and O–H groups in total. The molecule has 2 aromatic rings. The van der Waals surface area contributed by atoms with Gasteiger partial charge in [-0.1, -0.05) is 64.0 Å². The van der Waals surface area contributed by atoms with Crippen molar-refractivity contribution in [2.45, 2.75) is 64.7 Å². The van der Waals surface area contributed by atoms with Gasteiger partial charge in [0, 0.05) is 18.1 Å². The zero-order valence-electron chi connectivity index (χ0n) is 13.3. The number of hydrogen-bond acceptors (Lipinski definition) is 1. The molecule has 0 saturated heterocycles. The van der Waals surface area contributed by atoms with Gasteiger partial charge in [-0.05, 0) is 30.5 Å². The highest BCUT2D eigenvalue weighted by Gasteiger charge is 1.97. The lowest BCUT2D eigenvalue weighted by Gasteiger charge is -2.05. The molecule has 0 saturated carbocycles. The second-order valence-electron chi connectivity index (χ2n) is 5.86. The molecule has 0 unspecified atom stereocenters. The summed E-state index contributed by atoms with van der Waals surface area (Å²) < 4.78 is 2.04. The zero-order chi connectivity index (χ0) is 14.8. The van der Waals surface area contributed by atoms with Crippen LogP contribution in [0.5, 0.6) is 0 Å². The second kappa shape index (κ2) is 9.38. The molecule has 2 nitrogen and oxygen atoms in total. The molecule has 2 heteroatoms. The maximum absolute atomic E-state index is 4.08. The lowest BCUT2D eigenvalue weighted by atomic mass is 10.0. The van der Waals surface area contributed by atoms with E-state index in [4.69, 9.17) is 0 Å². The molecule has 0 aliphatic heterocycles. The van der Waals surface area contributed by atoms with Crippen LogP contribution >= 0.6 is 0 Å². The minimum atomic E-state index is 1.19. The topological polar surface area (TPSA) is 17.8 Å². The van der Waals surface area contributed by atoms with Crippen molar-refractivity contribution in [1.82, 2.24) is 9.55 Å². The fraction of sp³-hybridized carbons (Fsp3) is 0.526. The Kier molecular flexibility index (Phi) is 7.06. The van der Waals surface area contributed by atoms with Crippen molar-refractivity contribution in [2.75, 3.05) is 0 Å². The lowest BCUT2D eigenvalue weighted by Crippen LogP contribution is -1.91. The van der Waals surface area contributed by atoms with Gasteiger partial charge < -0.3 is 4.57 Å². The van der Waals surface area contributed by atoms with Crippen LogP contribution < -0.4 is 0 Å². The van der Waals surface area contributed by atoms with E-state index in [1.165, 1.54) is 69.0 Å². The summed E-state index contributed by atoms with van der Waals surface area (Å²) in [6.45, 7) is 2.28. The standard InChI is InChI=1S/C19H28N2/c1-2-3-4-5-6-7-8-9-10-18-11-13-19(14-12-18)21-16-15-20-17-21/h11-17H,2-10H2,1H3. The van der Waals surface area contributed by atoms with E-state index in [1.807, 2.05) is 23.3 Å². The first-order valence-electron chi connectivity index (χ1n) is 8.47. The predicted molar refractivity (Wildman–Crippen MR) is 89.9 cm³/mol. The first-order valence-corrected chi connectivity index (χ1v) is 8.47. The summed E-state index contributed by atoms with van der Waals surface area (Å²) in [7, 11) is 0. The summed E-state index contributed by atoms with van der Waals surface area (Å²) >= 11 is 0. The quantitative estimate of drug-likeness (QED) is 0.523. The SMILES string of the molecule is CCCCCCCCCCc1ccc(-n2ccnc2)cc1. The van der Waals surface area contributed by atoms with Crippen molar-refractivity contribution in [3.05, 3.63) is 48.5 Å². The molecule has 2 rings (SSSR count). The Hall–Kier alpha value is -1.57. The van der Waals surface area contributed by atoms with Crippen LogP contribution in [0, 0.1) is 0 Å². The van der Waals surface area contributed by atoms with E-state index in [0.717, 1.165) is 0 Å². The van der Waals surface area contributed by atoms with Crippen LogP contribution in [0.15, 0.2) is 43.0 Å².